The Kier molecular flexibility index (Phi) is 3.19. The highest BCUT2D eigenvalue weighted by atomic mass is 35.5. The fourth-order valence-corrected chi connectivity index (χ4v) is 1.81. The number of hydrogen-bond donors (Lipinski definition) is 1. The Morgan fingerprint density at radius 2 is 2.00 bits per heavy atom. The summed E-state index contributed by atoms with van der Waals surface area (Å²) in [5.74, 6) is 0. The molecular weight excluding hydrogens is 247 g/mol. The van der Waals surface area contributed by atoms with Gasteiger partial charge in [0.05, 0.1) is 15.7 Å². The van der Waals surface area contributed by atoms with Gasteiger partial charge in [-0.1, -0.05) is 29.3 Å². The maximum absolute atomic E-state index is 10.1. The number of aliphatic hydroxyl groups excluding tert-OH is 1. The van der Waals surface area contributed by atoms with E-state index in [1.807, 2.05) is 0 Å². The quantitative estimate of drug-likeness (QED) is 0.898. The largest absolute Gasteiger partial charge is 0.382 e. The molecule has 0 amide bonds. The third-order valence-electron chi connectivity index (χ3n) is 2.40. The fraction of sp³-hybridized carbons (Fsp3) is 0.182. The van der Waals surface area contributed by atoms with Gasteiger partial charge in [-0.25, -0.2) is 0 Å². The highest BCUT2D eigenvalue weighted by molar-refractivity contribution is 6.42. The van der Waals surface area contributed by atoms with E-state index in [0.29, 0.717) is 21.3 Å². The molecule has 1 unspecified atom stereocenters. The highest BCUT2D eigenvalue weighted by Crippen LogP contribution is 2.28. The van der Waals surface area contributed by atoms with Crippen LogP contribution >= 0.6 is 23.2 Å². The van der Waals surface area contributed by atoms with E-state index in [4.69, 9.17) is 23.2 Å². The molecule has 1 aromatic carbocycles. The number of benzene rings is 1. The normalized spacial score (nSPS) is 12.8. The lowest BCUT2D eigenvalue weighted by molar-refractivity contribution is 0.210. The summed E-state index contributed by atoms with van der Waals surface area (Å²) in [6, 6.07) is 6.82. The number of aryl methyl sites for hydroxylation is 1. The van der Waals surface area contributed by atoms with E-state index >= 15 is 0 Å². The van der Waals surface area contributed by atoms with Crippen LogP contribution < -0.4 is 0 Å². The van der Waals surface area contributed by atoms with Crippen LogP contribution in [0.25, 0.3) is 0 Å². The Labute approximate surface area is 103 Å². The molecule has 3 nitrogen and oxygen atoms in total. The van der Waals surface area contributed by atoms with Gasteiger partial charge in [-0.2, -0.15) is 5.10 Å². The average Bonchev–Trinajstić information content (AvgIpc) is 2.67. The molecule has 16 heavy (non-hydrogen) atoms. The maximum atomic E-state index is 10.1. The second-order valence-electron chi connectivity index (χ2n) is 3.46. The first kappa shape index (κ1) is 11.5. The zero-order valence-electron chi connectivity index (χ0n) is 8.56. The van der Waals surface area contributed by atoms with Crippen LogP contribution in [0.4, 0.5) is 0 Å². The van der Waals surface area contributed by atoms with Crippen LogP contribution in [-0.4, -0.2) is 14.9 Å². The summed E-state index contributed by atoms with van der Waals surface area (Å²) < 4.78 is 1.62. The van der Waals surface area contributed by atoms with Crippen molar-refractivity contribution >= 4 is 23.2 Å². The Morgan fingerprint density at radius 3 is 2.56 bits per heavy atom. The second kappa shape index (κ2) is 4.45. The van der Waals surface area contributed by atoms with Crippen molar-refractivity contribution in [2.24, 2.45) is 7.05 Å². The molecular formula is C11H10Cl2N2O. The van der Waals surface area contributed by atoms with Crippen molar-refractivity contribution in [1.29, 1.82) is 0 Å². The molecule has 0 aliphatic carbocycles. The van der Waals surface area contributed by atoms with Gasteiger partial charge in [-0.3, -0.25) is 4.68 Å². The predicted molar refractivity (Wildman–Crippen MR) is 63.7 cm³/mol. The first-order valence-corrected chi connectivity index (χ1v) is 5.46. The number of aliphatic hydroxyl groups is 1. The molecule has 0 fully saturated rings. The average molecular weight is 257 g/mol. The molecule has 0 saturated carbocycles. The maximum Gasteiger partial charge on any atom is 0.121 e. The highest BCUT2D eigenvalue weighted by Gasteiger charge is 2.14. The summed E-state index contributed by atoms with van der Waals surface area (Å²) in [4.78, 5) is 0. The van der Waals surface area contributed by atoms with E-state index in [1.54, 1.807) is 42.2 Å². The topological polar surface area (TPSA) is 38.0 Å². The Morgan fingerprint density at radius 1 is 1.25 bits per heavy atom. The first-order valence-electron chi connectivity index (χ1n) is 4.70. The number of rotatable bonds is 2. The van der Waals surface area contributed by atoms with Gasteiger partial charge in [0, 0.05) is 13.2 Å². The van der Waals surface area contributed by atoms with E-state index in [1.165, 1.54) is 0 Å². The van der Waals surface area contributed by atoms with Gasteiger partial charge in [0.15, 0.2) is 0 Å². The van der Waals surface area contributed by atoms with Crippen LogP contribution in [0.1, 0.15) is 17.4 Å². The SMILES string of the molecule is Cn1nccc1C(O)c1ccc(Cl)c(Cl)c1. The zero-order chi connectivity index (χ0) is 11.7. The lowest BCUT2D eigenvalue weighted by atomic mass is 10.1. The van der Waals surface area contributed by atoms with Crippen LogP contribution in [0.5, 0.6) is 0 Å². The molecule has 5 heteroatoms. The van der Waals surface area contributed by atoms with Crippen molar-refractivity contribution in [2.75, 3.05) is 0 Å². The third kappa shape index (κ3) is 2.07. The van der Waals surface area contributed by atoms with Crippen LogP contribution in [0.15, 0.2) is 30.5 Å². The Balaban J connectivity index is 2.38. The molecule has 1 atom stereocenters. The van der Waals surface area contributed by atoms with Crippen LogP contribution in [0.2, 0.25) is 10.0 Å². The van der Waals surface area contributed by atoms with Crippen molar-refractivity contribution in [1.82, 2.24) is 9.78 Å². The zero-order valence-corrected chi connectivity index (χ0v) is 10.1. The van der Waals surface area contributed by atoms with Gasteiger partial charge >= 0.3 is 0 Å². The molecule has 2 rings (SSSR count). The summed E-state index contributed by atoms with van der Waals surface area (Å²) in [5, 5.41) is 15.0. The monoisotopic (exact) mass is 256 g/mol. The van der Waals surface area contributed by atoms with Gasteiger partial charge in [-0.05, 0) is 23.8 Å². The molecule has 0 aliphatic heterocycles. The molecule has 0 saturated heterocycles. The van der Waals surface area contributed by atoms with Crippen LogP contribution in [0, 0.1) is 0 Å². The minimum Gasteiger partial charge on any atom is -0.382 e. The fourth-order valence-electron chi connectivity index (χ4n) is 1.51. The van der Waals surface area contributed by atoms with E-state index in [2.05, 4.69) is 5.10 Å². The Bertz CT molecular complexity index is 510. The van der Waals surface area contributed by atoms with Gasteiger partial charge in [-0.15, -0.1) is 0 Å². The van der Waals surface area contributed by atoms with Gasteiger partial charge < -0.3 is 5.11 Å². The summed E-state index contributed by atoms with van der Waals surface area (Å²) in [6.45, 7) is 0. The van der Waals surface area contributed by atoms with E-state index in [9.17, 15) is 5.11 Å². The summed E-state index contributed by atoms with van der Waals surface area (Å²) in [5.41, 5.74) is 1.40. The number of aromatic nitrogens is 2. The molecule has 1 heterocycles. The molecule has 0 spiro atoms. The standard InChI is InChI=1S/C11H10Cl2N2O/c1-15-10(4-5-14-15)11(16)7-2-3-8(12)9(13)6-7/h2-6,11,16H,1H3. The smallest absolute Gasteiger partial charge is 0.121 e. The minimum absolute atomic E-state index is 0.431. The number of halogens is 2. The van der Waals surface area contributed by atoms with Gasteiger partial charge in [0.1, 0.15) is 6.10 Å². The lowest BCUT2D eigenvalue weighted by Crippen LogP contribution is -2.06. The molecule has 84 valence electrons. The van der Waals surface area contributed by atoms with Crippen molar-refractivity contribution in [3.05, 3.63) is 51.8 Å². The van der Waals surface area contributed by atoms with Crippen molar-refractivity contribution in [3.8, 4) is 0 Å². The van der Waals surface area contributed by atoms with E-state index in [0.717, 1.165) is 0 Å². The predicted octanol–water partition coefficient (Wildman–Crippen LogP) is 2.81. The molecule has 1 N–H and O–H groups in total. The van der Waals surface area contributed by atoms with Crippen molar-refractivity contribution < 1.29 is 5.11 Å². The minimum atomic E-state index is -0.748. The van der Waals surface area contributed by atoms with E-state index in [-0.39, 0.29) is 0 Å². The number of nitrogens with zero attached hydrogens (tertiary/aromatic N) is 2. The van der Waals surface area contributed by atoms with Gasteiger partial charge in [0.25, 0.3) is 0 Å². The molecule has 0 bridgehead atoms. The third-order valence-corrected chi connectivity index (χ3v) is 3.14. The summed E-state index contributed by atoms with van der Waals surface area (Å²) in [7, 11) is 1.77. The Hall–Kier alpha value is -1.03. The van der Waals surface area contributed by atoms with E-state index < -0.39 is 6.10 Å². The molecule has 1 aromatic heterocycles. The summed E-state index contributed by atoms with van der Waals surface area (Å²) in [6.07, 6.45) is 0.887. The molecule has 0 aliphatic rings. The second-order valence-corrected chi connectivity index (χ2v) is 4.27. The first-order chi connectivity index (χ1) is 7.59. The summed E-state index contributed by atoms with van der Waals surface area (Å²) >= 11 is 11.7. The van der Waals surface area contributed by atoms with Gasteiger partial charge in [0.2, 0.25) is 0 Å². The lowest BCUT2D eigenvalue weighted by Gasteiger charge is -2.12. The molecule has 2 aromatic rings. The number of hydrogen-bond acceptors (Lipinski definition) is 2. The van der Waals surface area contributed by atoms with Crippen molar-refractivity contribution in [2.45, 2.75) is 6.10 Å². The molecule has 0 radical (unpaired) electrons. The van der Waals surface area contributed by atoms with Crippen LogP contribution in [0.3, 0.4) is 0 Å². The van der Waals surface area contributed by atoms with Crippen LogP contribution in [-0.2, 0) is 7.05 Å². The van der Waals surface area contributed by atoms with Crippen molar-refractivity contribution in [3.63, 3.8) is 0 Å².